The molecule has 3 aromatic carbocycles. The quantitative estimate of drug-likeness (QED) is 0.698. The third-order valence-electron chi connectivity index (χ3n) is 3.96. The second kappa shape index (κ2) is 7.78. The van der Waals surface area contributed by atoms with Gasteiger partial charge >= 0.3 is 0 Å². The van der Waals surface area contributed by atoms with Crippen molar-refractivity contribution in [2.24, 2.45) is 0 Å². The number of aryl methyl sites for hydroxylation is 1. The molecule has 0 heterocycles. The van der Waals surface area contributed by atoms with E-state index in [2.05, 4.69) is 10.6 Å². The molecule has 0 fully saturated rings. The molecule has 0 aliphatic heterocycles. The molecule has 0 aliphatic carbocycles. The van der Waals surface area contributed by atoms with Crippen molar-refractivity contribution >= 4 is 23.2 Å². The van der Waals surface area contributed by atoms with Gasteiger partial charge in [0.1, 0.15) is 11.6 Å². The molecule has 0 aromatic heterocycles. The van der Waals surface area contributed by atoms with Crippen LogP contribution in [0.15, 0.2) is 66.7 Å². The molecule has 0 spiro atoms. The Morgan fingerprint density at radius 3 is 2.11 bits per heavy atom. The van der Waals surface area contributed by atoms with Crippen LogP contribution in [0, 0.1) is 18.6 Å². The van der Waals surface area contributed by atoms with Crippen molar-refractivity contribution < 1.29 is 18.4 Å². The van der Waals surface area contributed by atoms with Gasteiger partial charge in [0.25, 0.3) is 11.8 Å². The first-order valence-corrected chi connectivity index (χ1v) is 8.17. The molecule has 4 nitrogen and oxygen atoms in total. The van der Waals surface area contributed by atoms with E-state index in [-0.39, 0.29) is 17.2 Å². The van der Waals surface area contributed by atoms with Crippen LogP contribution in [0.1, 0.15) is 26.3 Å². The van der Waals surface area contributed by atoms with Crippen LogP contribution >= 0.6 is 0 Å². The Labute approximate surface area is 154 Å². The van der Waals surface area contributed by atoms with E-state index in [0.717, 1.165) is 17.7 Å². The average Bonchev–Trinajstić information content (AvgIpc) is 2.66. The fourth-order valence-electron chi connectivity index (χ4n) is 2.47. The van der Waals surface area contributed by atoms with Crippen molar-refractivity contribution in [3.63, 3.8) is 0 Å². The van der Waals surface area contributed by atoms with Crippen LogP contribution in [0.5, 0.6) is 0 Å². The minimum Gasteiger partial charge on any atom is -0.322 e. The number of nitrogens with one attached hydrogen (secondary N) is 2. The highest BCUT2D eigenvalue weighted by molar-refractivity contribution is 6.07. The van der Waals surface area contributed by atoms with E-state index in [1.165, 1.54) is 6.07 Å². The van der Waals surface area contributed by atoms with Crippen LogP contribution in [0.25, 0.3) is 0 Å². The minimum atomic E-state index is -0.868. The largest absolute Gasteiger partial charge is 0.322 e. The third-order valence-corrected chi connectivity index (χ3v) is 3.96. The number of hydrogen-bond acceptors (Lipinski definition) is 2. The lowest BCUT2D eigenvalue weighted by Crippen LogP contribution is -2.16. The molecular formula is C21H16F2N2O2. The van der Waals surface area contributed by atoms with E-state index in [9.17, 15) is 18.4 Å². The van der Waals surface area contributed by atoms with E-state index >= 15 is 0 Å². The molecule has 0 atom stereocenters. The van der Waals surface area contributed by atoms with Gasteiger partial charge in [0, 0.05) is 22.9 Å². The van der Waals surface area contributed by atoms with Crippen LogP contribution in [0.4, 0.5) is 20.2 Å². The Kier molecular flexibility index (Phi) is 5.26. The summed E-state index contributed by atoms with van der Waals surface area (Å²) in [6, 6.07) is 16.3. The first kappa shape index (κ1) is 18.3. The minimum absolute atomic E-state index is 0.128. The van der Waals surface area contributed by atoms with Gasteiger partial charge in [-0.25, -0.2) is 8.78 Å². The van der Waals surface area contributed by atoms with E-state index in [0.29, 0.717) is 17.3 Å². The van der Waals surface area contributed by atoms with Crippen molar-refractivity contribution in [2.45, 2.75) is 6.92 Å². The van der Waals surface area contributed by atoms with Crippen LogP contribution in [0.3, 0.4) is 0 Å². The molecular weight excluding hydrogens is 350 g/mol. The predicted molar refractivity (Wildman–Crippen MR) is 99.9 cm³/mol. The summed E-state index contributed by atoms with van der Waals surface area (Å²) in [4.78, 5) is 24.7. The Bertz CT molecular complexity index is 1000. The first-order valence-electron chi connectivity index (χ1n) is 8.17. The van der Waals surface area contributed by atoms with Crippen molar-refractivity contribution in [3.05, 3.63) is 95.1 Å². The SMILES string of the molecule is Cc1ccc(C(=O)Nc2ccc(F)cc2F)cc1NC(=O)c1ccccc1. The lowest BCUT2D eigenvalue weighted by atomic mass is 10.1. The maximum Gasteiger partial charge on any atom is 0.255 e. The monoisotopic (exact) mass is 366 g/mol. The Morgan fingerprint density at radius 2 is 1.41 bits per heavy atom. The molecule has 136 valence electrons. The lowest BCUT2D eigenvalue weighted by molar-refractivity contribution is 0.101. The highest BCUT2D eigenvalue weighted by Crippen LogP contribution is 2.20. The van der Waals surface area contributed by atoms with Crippen molar-refractivity contribution in [1.82, 2.24) is 0 Å². The van der Waals surface area contributed by atoms with Gasteiger partial charge < -0.3 is 10.6 Å². The number of benzene rings is 3. The molecule has 2 amide bonds. The smallest absolute Gasteiger partial charge is 0.255 e. The fourth-order valence-corrected chi connectivity index (χ4v) is 2.47. The number of amides is 2. The summed E-state index contributed by atoms with van der Waals surface area (Å²) in [5.74, 6) is -2.48. The van der Waals surface area contributed by atoms with E-state index in [1.807, 2.05) is 6.07 Å². The summed E-state index contributed by atoms with van der Waals surface area (Å²) in [5.41, 5.74) is 1.82. The second-order valence-electron chi connectivity index (χ2n) is 5.93. The summed E-state index contributed by atoms with van der Waals surface area (Å²) < 4.78 is 26.7. The van der Waals surface area contributed by atoms with Gasteiger partial charge in [0.05, 0.1) is 5.69 Å². The van der Waals surface area contributed by atoms with Crippen molar-refractivity contribution in [3.8, 4) is 0 Å². The average molecular weight is 366 g/mol. The predicted octanol–water partition coefficient (Wildman–Crippen LogP) is 4.78. The van der Waals surface area contributed by atoms with E-state index < -0.39 is 17.5 Å². The zero-order valence-electron chi connectivity index (χ0n) is 14.4. The second-order valence-corrected chi connectivity index (χ2v) is 5.93. The number of halogens is 2. The molecule has 3 rings (SSSR count). The first-order chi connectivity index (χ1) is 12.9. The standard InChI is InChI=1S/C21H16F2N2O2/c1-13-7-8-15(21(27)24-18-10-9-16(22)12-17(18)23)11-19(13)25-20(26)14-5-3-2-4-6-14/h2-12H,1H3,(H,24,27)(H,25,26). The van der Waals surface area contributed by atoms with Crippen LogP contribution in [-0.4, -0.2) is 11.8 Å². The molecule has 0 saturated heterocycles. The molecule has 0 radical (unpaired) electrons. The van der Waals surface area contributed by atoms with Gasteiger partial charge in [-0.2, -0.15) is 0 Å². The van der Waals surface area contributed by atoms with Gasteiger partial charge in [0.15, 0.2) is 0 Å². The Balaban J connectivity index is 1.80. The maximum absolute atomic E-state index is 13.7. The molecule has 0 bridgehead atoms. The molecule has 6 heteroatoms. The Morgan fingerprint density at radius 1 is 0.741 bits per heavy atom. The molecule has 2 N–H and O–H groups in total. The zero-order valence-corrected chi connectivity index (χ0v) is 14.4. The number of carbonyl (C=O) groups is 2. The highest BCUT2D eigenvalue weighted by atomic mass is 19.1. The highest BCUT2D eigenvalue weighted by Gasteiger charge is 2.13. The number of anilines is 2. The normalized spacial score (nSPS) is 10.3. The van der Waals surface area contributed by atoms with Crippen LogP contribution in [0.2, 0.25) is 0 Å². The molecule has 27 heavy (non-hydrogen) atoms. The number of hydrogen-bond donors (Lipinski definition) is 2. The Hall–Kier alpha value is -3.54. The fraction of sp³-hybridized carbons (Fsp3) is 0.0476. The van der Waals surface area contributed by atoms with Crippen molar-refractivity contribution in [2.75, 3.05) is 10.6 Å². The van der Waals surface area contributed by atoms with Gasteiger partial charge in [0.2, 0.25) is 0 Å². The van der Waals surface area contributed by atoms with Gasteiger partial charge in [-0.05, 0) is 48.9 Å². The van der Waals surface area contributed by atoms with Crippen LogP contribution in [-0.2, 0) is 0 Å². The molecule has 0 aliphatic rings. The maximum atomic E-state index is 13.7. The van der Waals surface area contributed by atoms with Crippen LogP contribution < -0.4 is 10.6 Å². The van der Waals surface area contributed by atoms with E-state index in [1.54, 1.807) is 43.3 Å². The number of rotatable bonds is 4. The summed E-state index contributed by atoms with van der Waals surface area (Å²) in [5, 5.41) is 5.15. The molecule has 0 unspecified atom stereocenters. The topological polar surface area (TPSA) is 58.2 Å². The number of carbonyl (C=O) groups excluding carboxylic acids is 2. The summed E-state index contributed by atoms with van der Waals surface area (Å²) >= 11 is 0. The van der Waals surface area contributed by atoms with Crippen molar-refractivity contribution in [1.29, 1.82) is 0 Å². The lowest BCUT2D eigenvalue weighted by Gasteiger charge is -2.11. The van der Waals surface area contributed by atoms with Gasteiger partial charge in [-0.15, -0.1) is 0 Å². The van der Waals surface area contributed by atoms with Gasteiger partial charge in [-0.1, -0.05) is 24.3 Å². The summed E-state index contributed by atoms with van der Waals surface area (Å²) in [6.07, 6.45) is 0. The summed E-state index contributed by atoms with van der Waals surface area (Å²) in [6.45, 7) is 1.79. The van der Waals surface area contributed by atoms with Gasteiger partial charge in [-0.3, -0.25) is 9.59 Å². The molecule has 3 aromatic rings. The summed E-state index contributed by atoms with van der Waals surface area (Å²) in [7, 11) is 0. The van der Waals surface area contributed by atoms with E-state index in [4.69, 9.17) is 0 Å². The third kappa shape index (κ3) is 4.36. The zero-order chi connectivity index (χ0) is 19.4. The molecule has 0 saturated carbocycles.